The first kappa shape index (κ1) is 13.4. The molecule has 8 heteroatoms. The predicted octanol–water partition coefficient (Wildman–Crippen LogP) is 1.56. The fraction of sp³-hybridized carbons (Fsp3) is 0.900. The van der Waals surface area contributed by atoms with Crippen LogP contribution in [-0.2, 0) is 4.74 Å². The van der Waals surface area contributed by atoms with Gasteiger partial charge >= 0.3 is 12.3 Å². The maximum atomic E-state index is 12.5. The van der Waals surface area contributed by atoms with Gasteiger partial charge in [-0.2, -0.15) is 13.2 Å². The van der Waals surface area contributed by atoms with Crippen molar-refractivity contribution in [2.45, 2.75) is 49.7 Å². The summed E-state index contributed by atoms with van der Waals surface area (Å²) in [7, 11) is 0. The standard InChI is InChI=1S/C10H14F3NO4/c11-10(12,13)7(15)14(8(16)17)9-3-1-6(2-4-9)18-5-9/h6-7,15H,1-5H2,(H,16,17). The highest BCUT2D eigenvalue weighted by molar-refractivity contribution is 5.66. The molecule has 0 aromatic rings. The van der Waals surface area contributed by atoms with E-state index in [1.54, 1.807) is 0 Å². The first-order valence-electron chi connectivity index (χ1n) is 5.65. The quantitative estimate of drug-likeness (QED) is 0.746. The Morgan fingerprint density at radius 3 is 2.28 bits per heavy atom. The van der Waals surface area contributed by atoms with Crippen LogP contribution in [0.2, 0.25) is 0 Å². The number of aliphatic hydroxyl groups is 1. The average Bonchev–Trinajstić information content (AvgIpc) is 2.29. The molecule has 1 unspecified atom stereocenters. The van der Waals surface area contributed by atoms with E-state index in [0.29, 0.717) is 12.8 Å². The van der Waals surface area contributed by atoms with Gasteiger partial charge in [0.15, 0.2) is 0 Å². The SMILES string of the molecule is O=C(O)N(C(O)C(F)(F)F)C12CCC(CC1)OC2. The van der Waals surface area contributed by atoms with Crippen LogP contribution in [0.3, 0.4) is 0 Å². The van der Waals surface area contributed by atoms with Crippen LogP contribution in [0.1, 0.15) is 25.7 Å². The van der Waals surface area contributed by atoms with Gasteiger partial charge in [0.05, 0.1) is 18.2 Å². The smallest absolute Gasteiger partial charge is 0.433 e. The lowest BCUT2D eigenvalue weighted by atomic mass is 9.76. The van der Waals surface area contributed by atoms with Crippen molar-refractivity contribution < 1.29 is 32.9 Å². The number of carbonyl (C=O) groups is 1. The van der Waals surface area contributed by atoms with Crippen LogP contribution in [0, 0.1) is 0 Å². The maximum absolute atomic E-state index is 12.5. The molecule has 1 atom stereocenters. The van der Waals surface area contributed by atoms with E-state index in [9.17, 15) is 23.1 Å². The van der Waals surface area contributed by atoms with Gasteiger partial charge in [-0.1, -0.05) is 0 Å². The van der Waals surface area contributed by atoms with Crippen LogP contribution in [-0.4, -0.2) is 51.9 Å². The molecule has 2 aliphatic heterocycles. The van der Waals surface area contributed by atoms with Gasteiger partial charge in [0.1, 0.15) is 0 Å². The second kappa shape index (κ2) is 4.27. The normalized spacial score (nSPS) is 33.2. The molecule has 2 heterocycles. The number of fused-ring (bicyclic) bond motifs is 3. The summed E-state index contributed by atoms with van der Waals surface area (Å²) >= 11 is 0. The molecule has 1 aliphatic carbocycles. The summed E-state index contributed by atoms with van der Waals surface area (Å²) in [5.41, 5.74) is -1.25. The van der Waals surface area contributed by atoms with Gasteiger partial charge in [-0.3, -0.25) is 4.90 Å². The molecular weight excluding hydrogens is 255 g/mol. The number of hydrogen-bond donors (Lipinski definition) is 2. The van der Waals surface area contributed by atoms with E-state index in [-0.39, 0.29) is 30.5 Å². The van der Waals surface area contributed by atoms with Crippen molar-refractivity contribution in [1.29, 1.82) is 0 Å². The zero-order valence-electron chi connectivity index (χ0n) is 9.48. The number of rotatable bonds is 2. The van der Waals surface area contributed by atoms with Crippen LogP contribution >= 0.6 is 0 Å². The molecule has 104 valence electrons. The third-order valence-electron chi connectivity index (χ3n) is 3.71. The highest BCUT2D eigenvalue weighted by atomic mass is 19.4. The first-order chi connectivity index (χ1) is 8.26. The Hall–Kier alpha value is -1.02. The lowest BCUT2D eigenvalue weighted by molar-refractivity contribution is -0.271. The van der Waals surface area contributed by atoms with E-state index in [0.717, 1.165) is 0 Å². The Labute approximate surface area is 101 Å². The van der Waals surface area contributed by atoms with Crippen molar-refractivity contribution in [2.24, 2.45) is 0 Å². The summed E-state index contributed by atoms with van der Waals surface area (Å²) in [4.78, 5) is 11.2. The van der Waals surface area contributed by atoms with Crippen LogP contribution in [0.25, 0.3) is 0 Å². The molecule has 3 fully saturated rings. The van der Waals surface area contributed by atoms with Crippen molar-refractivity contribution in [1.82, 2.24) is 4.90 Å². The van der Waals surface area contributed by atoms with Gasteiger partial charge in [0, 0.05) is 0 Å². The molecule has 2 N–H and O–H groups in total. The molecule has 1 amide bonds. The first-order valence-corrected chi connectivity index (χ1v) is 5.65. The van der Waals surface area contributed by atoms with Crippen LogP contribution in [0.4, 0.5) is 18.0 Å². The summed E-state index contributed by atoms with van der Waals surface area (Å²) < 4.78 is 42.9. The van der Waals surface area contributed by atoms with Gasteiger partial charge in [0.25, 0.3) is 0 Å². The van der Waals surface area contributed by atoms with Gasteiger partial charge < -0.3 is 14.9 Å². The number of nitrogens with zero attached hydrogens (tertiary/aromatic N) is 1. The molecule has 3 rings (SSSR count). The summed E-state index contributed by atoms with van der Waals surface area (Å²) in [5, 5.41) is 18.2. The van der Waals surface area contributed by atoms with Crippen molar-refractivity contribution in [2.75, 3.05) is 6.61 Å². The highest BCUT2D eigenvalue weighted by Gasteiger charge is 2.56. The minimum atomic E-state index is -5.00. The Balaban J connectivity index is 2.27. The molecular formula is C10H14F3NO4. The number of aliphatic hydroxyl groups excluding tert-OH is 1. The van der Waals surface area contributed by atoms with E-state index in [2.05, 4.69) is 0 Å². The van der Waals surface area contributed by atoms with Gasteiger partial charge in [-0.15, -0.1) is 0 Å². The predicted molar refractivity (Wildman–Crippen MR) is 52.9 cm³/mol. The summed E-state index contributed by atoms with van der Waals surface area (Å²) in [6.45, 7) is -0.0862. The van der Waals surface area contributed by atoms with E-state index in [4.69, 9.17) is 9.84 Å². The van der Waals surface area contributed by atoms with E-state index < -0.39 is 24.0 Å². The molecule has 18 heavy (non-hydrogen) atoms. The topological polar surface area (TPSA) is 70.0 Å². The number of halogens is 3. The van der Waals surface area contributed by atoms with E-state index in [1.165, 1.54) is 0 Å². The molecule has 0 aromatic heterocycles. The lowest BCUT2D eigenvalue weighted by Crippen LogP contribution is -2.66. The Kier molecular flexibility index (Phi) is 3.18. The third-order valence-corrected chi connectivity index (χ3v) is 3.71. The number of amides is 1. The monoisotopic (exact) mass is 269 g/mol. The Morgan fingerprint density at radius 2 is 1.94 bits per heavy atom. The van der Waals surface area contributed by atoms with Crippen LogP contribution in [0.5, 0.6) is 0 Å². The minimum Gasteiger partial charge on any atom is -0.465 e. The number of ether oxygens (including phenoxy) is 1. The molecule has 0 radical (unpaired) electrons. The minimum absolute atomic E-state index is 0.00514. The number of carboxylic acid groups (broad SMARTS) is 1. The molecule has 2 bridgehead atoms. The third kappa shape index (κ3) is 2.14. The highest BCUT2D eigenvalue weighted by Crippen LogP contribution is 2.43. The van der Waals surface area contributed by atoms with Crippen molar-refractivity contribution in [3.8, 4) is 0 Å². The summed E-state index contributed by atoms with van der Waals surface area (Å²) in [6, 6.07) is 0. The zero-order valence-corrected chi connectivity index (χ0v) is 9.48. The number of hydrogen-bond acceptors (Lipinski definition) is 3. The van der Waals surface area contributed by atoms with Gasteiger partial charge in [-0.05, 0) is 25.7 Å². The maximum Gasteiger partial charge on any atom is 0.433 e. The van der Waals surface area contributed by atoms with Crippen LogP contribution in [0.15, 0.2) is 0 Å². The molecule has 1 saturated carbocycles. The fourth-order valence-electron chi connectivity index (χ4n) is 2.74. The fourth-order valence-corrected chi connectivity index (χ4v) is 2.74. The second-order valence-electron chi connectivity index (χ2n) is 4.80. The Bertz CT molecular complexity index is 325. The second-order valence-corrected chi connectivity index (χ2v) is 4.80. The van der Waals surface area contributed by atoms with E-state index >= 15 is 0 Å². The largest absolute Gasteiger partial charge is 0.465 e. The van der Waals surface area contributed by atoms with E-state index in [1.807, 2.05) is 0 Å². The van der Waals surface area contributed by atoms with Crippen molar-refractivity contribution in [3.63, 3.8) is 0 Å². The van der Waals surface area contributed by atoms with Crippen LogP contribution < -0.4 is 0 Å². The molecule has 2 saturated heterocycles. The summed E-state index contributed by atoms with van der Waals surface area (Å²) in [6.07, 6.45) is -8.15. The zero-order chi connectivity index (χ0) is 13.6. The van der Waals surface area contributed by atoms with Crippen molar-refractivity contribution in [3.05, 3.63) is 0 Å². The molecule has 0 spiro atoms. The van der Waals surface area contributed by atoms with Gasteiger partial charge in [0.2, 0.25) is 6.23 Å². The molecule has 0 aromatic carbocycles. The Morgan fingerprint density at radius 1 is 1.39 bits per heavy atom. The number of alkyl halides is 3. The molecule has 5 nitrogen and oxygen atoms in total. The van der Waals surface area contributed by atoms with Crippen molar-refractivity contribution >= 4 is 6.09 Å². The lowest BCUT2D eigenvalue weighted by Gasteiger charge is -2.52. The summed E-state index contributed by atoms with van der Waals surface area (Å²) in [5.74, 6) is 0. The van der Waals surface area contributed by atoms with Gasteiger partial charge in [-0.25, -0.2) is 4.79 Å². The molecule has 3 aliphatic rings. The average molecular weight is 269 g/mol.